The summed E-state index contributed by atoms with van der Waals surface area (Å²) in [5, 5.41) is 14.9. The van der Waals surface area contributed by atoms with E-state index in [1.54, 1.807) is 20.8 Å². The summed E-state index contributed by atoms with van der Waals surface area (Å²) in [6.45, 7) is 5.37. The second-order valence-corrected chi connectivity index (χ2v) is 11.9. The molecule has 2 amide bonds. The molecule has 5 aromatic rings. The Hall–Kier alpha value is -5.24. The third kappa shape index (κ3) is 8.03. The molecule has 45 heavy (non-hydrogen) atoms. The highest BCUT2D eigenvalue weighted by Crippen LogP contribution is 2.37. The number of hydrogen-bond donors (Lipinski definition) is 3. The number of carbonyl (C=O) groups is 2. The largest absolute Gasteiger partial charge is 0.444 e. The van der Waals surface area contributed by atoms with Gasteiger partial charge in [-0.1, -0.05) is 121 Å². The molecule has 8 nitrogen and oxygen atoms in total. The van der Waals surface area contributed by atoms with Crippen molar-refractivity contribution in [3.05, 3.63) is 155 Å². The number of alkyl carbamates (subject to hydrolysis) is 1. The Bertz CT molecular complexity index is 1570. The molecule has 0 spiro atoms. The summed E-state index contributed by atoms with van der Waals surface area (Å²) < 4.78 is 5.55. The van der Waals surface area contributed by atoms with Crippen LogP contribution in [0.15, 0.2) is 121 Å². The van der Waals surface area contributed by atoms with Crippen molar-refractivity contribution in [3.8, 4) is 0 Å². The number of aromatic amines is 1. The van der Waals surface area contributed by atoms with E-state index < -0.39 is 23.3 Å². The summed E-state index contributed by atoms with van der Waals surface area (Å²) in [5.41, 5.74) is 2.15. The topological polar surface area (TPSA) is 109 Å². The molecule has 5 rings (SSSR count). The number of H-pyrrole nitrogens is 1. The van der Waals surface area contributed by atoms with Crippen LogP contribution in [-0.4, -0.2) is 32.8 Å². The monoisotopic (exact) mass is 601 g/mol. The fraction of sp³-hybridized carbons (Fsp3) is 0.243. The van der Waals surface area contributed by atoms with Gasteiger partial charge in [0.15, 0.2) is 5.82 Å². The van der Waals surface area contributed by atoms with E-state index in [2.05, 4.69) is 37.9 Å². The van der Waals surface area contributed by atoms with Crippen LogP contribution in [0.3, 0.4) is 0 Å². The highest BCUT2D eigenvalue weighted by molar-refractivity contribution is 5.80. The summed E-state index contributed by atoms with van der Waals surface area (Å²) in [6.07, 6.45) is 0.638. The zero-order valence-electron chi connectivity index (χ0n) is 25.9. The minimum absolute atomic E-state index is 0.110. The van der Waals surface area contributed by atoms with Crippen molar-refractivity contribution in [2.75, 3.05) is 0 Å². The molecule has 1 heterocycles. The number of amides is 2. The molecule has 1 atom stereocenters. The second-order valence-electron chi connectivity index (χ2n) is 11.9. The smallest absolute Gasteiger partial charge is 0.408 e. The summed E-state index contributed by atoms with van der Waals surface area (Å²) in [6, 6.07) is 38.9. The standard InChI is InChI=1S/C37H39N5O3/c1-36(2,3)45-35(44)38-31(34-39-32(41-42-34)25-24-27-16-8-4-9-17-27)26-33(43)40-37(28-18-10-5-11-19-28,29-20-12-6-13-21-29)30-22-14-7-15-23-30/h4-23,31H,24-26H2,1-3H3,(H,38,44)(H,40,43)(H,39,41,42)/t31-/m1/s1. The number of ether oxygens (including phenoxy) is 1. The molecule has 0 radical (unpaired) electrons. The van der Waals surface area contributed by atoms with Gasteiger partial charge < -0.3 is 20.4 Å². The van der Waals surface area contributed by atoms with Gasteiger partial charge in [0.05, 0.1) is 6.42 Å². The molecule has 1 aromatic heterocycles. The Balaban J connectivity index is 1.46. The maximum absolute atomic E-state index is 14.2. The molecule has 8 heteroatoms. The number of nitrogens with one attached hydrogen (secondary N) is 3. The quantitative estimate of drug-likeness (QED) is 0.147. The maximum Gasteiger partial charge on any atom is 0.408 e. The lowest BCUT2D eigenvalue weighted by Crippen LogP contribution is -2.49. The van der Waals surface area contributed by atoms with Gasteiger partial charge in [0.25, 0.3) is 0 Å². The van der Waals surface area contributed by atoms with Crippen molar-refractivity contribution >= 4 is 12.0 Å². The van der Waals surface area contributed by atoms with E-state index in [9.17, 15) is 9.59 Å². The molecule has 0 fully saturated rings. The lowest BCUT2D eigenvalue weighted by molar-refractivity contribution is -0.122. The second kappa shape index (κ2) is 14.0. The van der Waals surface area contributed by atoms with Crippen LogP contribution >= 0.6 is 0 Å². The number of hydrogen-bond acceptors (Lipinski definition) is 5. The van der Waals surface area contributed by atoms with Gasteiger partial charge in [-0.3, -0.25) is 4.79 Å². The van der Waals surface area contributed by atoms with Crippen LogP contribution in [0.25, 0.3) is 0 Å². The zero-order chi connectivity index (χ0) is 31.7. The van der Waals surface area contributed by atoms with E-state index in [0.717, 1.165) is 23.1 Å². The van der Waals surface area contributed by atoms with Gasteiger partial charge in [-0.05, 0) is 49.4 Å². The van der Waals surface area contributed by atoms with E-state index in [-0.39, 0.29) is 12.3 Å². The number of nitrogens with zero attached hydrogens (tertiary/aromatic N) is 2. The summed E-state index contributed by atoms with van der Waals surface area (Å²) in [7, 11) is 0. The average molecular weight is 602 g/mol. The van der Waals surface area contributed by atoms with Gasteiger partial charge in [-0.2, -0.15) is 0 Å². The molecule has 0 unspecified atom stereocenters. The number of carbonyl (C=O) groups excluding carboxylic acids is 2. The summed E-state index contributed by atoms with van der Waals surface area (Å²) in [5.74, 6) is 0.746. The molecule has 0 aliphatic rings. The lowest BCUT2D eigenvalue weighted by Gasteiger charge is -2.37. The van der Waals surface area contributed by atoms with E-state index >= 15 is 0 Å². The van der Waals surface area contributed by atoms with Crippen molar-refractivity contribution in [1.29, 1.82) is 0 Å². The molecule has 230 valence electrons. The Morgan fingerprint density at radius 2 is 1.20 bits per heavy atom. The summed E-state index contributed by atoms with van der Waals surface area (Å²) in [4.78, 5) is 30.4. The van der Waals surface area contributed by atoms with E-state index in [1.807, 2.05) is 109 Å². The zero-order valence-corrected chi connectivity index (χ0v) is 25.9. The van der Waals surface area contributed by atoms with Gasteiger partial charge in [0.2, 0.25) is 5.91 Å². The van der Waals surface area contributed by atoms with Crippen LogP contribution < -0.4 is 10.6 Å². The van der Waals surface area contributed by atoms with E-state index in [4.69, 9.17) is 4.74 Å². The number of rotatable bonds is 11. The van der Waals surface area contributed by atoms with Gasteiger partial charge in [-0.15, -0.1) is 10.2 Å². The van der Waals surface area contributed by atoms with Crippen LogP contribution in [0.5, 0.6) is 0 Å². The Morgan fingerprint density at radius 3 is 1.69 bits per heavy atom. The van der Waals surface area contributed by atoms with Crippen molar-refractivity contribution in [2.24, 2.45) is 0 Å². The molecule has 4 aromatic carbocycles. The highest BCUT2D eigenvalue weighted by Gasteiger charge is 2.38. The fourth-order valence-electron chi connectivity index (χ4n) is 5.38. The Morgan fingerprint density at radius 1 is 0.711 bits per heavy atom. The predicted molar refractivity (Wildman–Crippen MR) is 174 cm³/mol. The molecular weight excluding hydrogens is 562 g/mol. The highest BCUT2D eigenvalue weighted by atomic mass is 16.6. The van der Waals surface area contributed by atoms with Gasteiger partial charge >= 0.3 is 6.09 Å². The number of aryl methyl sites for hydroxylation is 2. The van der Waals surface area contributed by atoms with Gasteiger partial charge in [0.1, 0.15) is 23.0 Å². The third-order valence-corrected chi connectivity index (χ3v) is 7.40. The van der Waals surface area contributed by atoms with E-state index in [1.165, 1.54) is 5.56 Å². The minimum Gasteiger partial charge on any atom is -0.444 e. The number of benzene rings is 4. The van der Waals surface area contributed by atoms with Crippen molar-refractivity contribution in [2.45, 2.75) is 57.2 Å². The first-order valence-corrected chi connectivity index (χ1v) is 15.2. The molecule has 3 N–H and O–H groups in total. The molecule has 0 aliphatic carbocycles. The van der Waals surface area contributed by atoms with Crippen LogP contribution in [-0.2, 0) is 27.9 Å². The van der Waals surface area contributed by atoms with Crippen molar-refractivity contribution < 1.29 is 14.3 Å². The van der Waals surface area contributed by atoms with Crippen LogP contribution in [0.2, 0.25) is 0 Å². The first-order valence-electron chi connectivity index (χ1n) is 15.2. The third-order valence-electron chi connectivity index (χ3n) is 7.40. The SMILES string of the molecule is CC(C)(C)OC(=O)N[C@H](CC(=O)NC(c1ccccc1)(c1ccccc1)c1ccccc1)c1nnc(CCc2ccccc2)[nH]1. The first kappa shape index (κ1) is 31.2. The van der Waals surface area contributed by atoms with Crippen LogP contribution in [0.1, 0.15) is 67.1 Å². The lowest BCUT2D eigenvalue weighted by atomic mass is 9.77. The van der Waals surface area contributed by atoms with Crippen molar-refractivity contribution in [1.82, 2.24) is 25.8 Å². The predicted octanol–water partition coefficient (Wildman–Crippen LogP) is 6.65. The molecule has 0 saturated carbocycles. The van der Waals surface area contributed by atoms with Crippen molar-refractivity contribution in [3.63, 3.8) is 0 Å². The molecule has 0 saturated heterocycles. The maximum atomic E-state index is 14.2. The summed E-state index contributed by atoms with van der Waals surface area (Å²) >= 11 is 0. The van der Waals surface area contributed by atoms with Gasteiger partial charge in [-0.25, -0.2) is 4.79 Å². The van der Waals surface area contributed by atoms with Gasteiger partial charge in [0, 0.05) is 6.42 Å². The molecule has 0 bridgehead atoms. The fourth-order valence-corrected chi connectivity index (χ4v) is 5.38. The number of aromatic nitrogens is 3. The average Bonchev–Trinajstić information content (AvgIpc) is 3.52. The first-order chi connectivity index (χ1) is 21.7. The van der Waals surface area contributed by atoms with E-state index in [0.29, 0.717) is 18.1 Å². The normalized spacial score (nSPS) is 12.2. The minimum atomic E-state index is -1.00. The molecule has 0 aliphatic heterocycles. The molecular formula is C37H39N5O3. The van der Waals surface area contributed by atoms with Crippen LogP contribution in [0.4, 0.5) is 4.79 Å². The Labute approximate surface area is 264 Å². The van der Waals surface area contributed by atoms with Crippen LogP contribution in [0, 0.1) is 0 Å². The Kier molecular flexibility index (Phi) is 9.73.